The smallest absolute Gasteiger partial charge is 0.266 e. The topological polar surface area (TPSA) is 119 Å². The molecule has 1 amide bonds. The highest BCUT2D eigenvalue weighted by Gasteiger charge is 2.55. The Bertz CT molecular complexity index is 982. The summed E-state index contributed by atoms with van der Waals surface area (Å²) >= 11 is 0. The Kier molecular flexibility index (Phi) is 9.87. The summed E-state index contributed by atoms with van der Waals surface area (Å²) in [5, 5.41) is 9.39. The van der Waals surface area contributed by atoms with Gasteiger partial charge in [-0.15, -0.1) is 0 Å². The lowest BCUT2D eigenvalue weighted by molar-refractivity contribution is -0.133. The van der Waals surface area contributed by atoms with Gasteiger partial charge in [0.05, 0.1) is 6.61 Å². The van der Waals surface area contributed by atoms with Crippen LogP contribution in [0.5, 0.6) is 0 Å². The second-order valence-electron chi connectivity index (χ2n) is 10.1. The Balaban J connectivity index is 1.64. The Labute approximate surface area is 214 Å². The first-order chi connectivity index (χ1) is 17.1. The molecule has 36 heavy (non-hydrogen) atoms. The summed E-state index contributed by atoms with van der Waals surface area (Å²) in [5.41, 5.74) is 3.24. The van der Waals surface area contributed by atoms with E-state index in [2.05, 4.69) is 23.6 Å². The van der Waals surface area contributed by atoms with Crippen molar-refractivity contribution in [2.24, 2.45) is 5.92 Å². The molecule has 0 atom stereocenters. The number of piperidine rings is 1. The van der Waals surface area contributed by atoms with Crippen LogP contribution in [-0.4, -0.2) is 98.8 Å². The standard InChI is InChI=1S/C25H40N4O6S/c1-20(2)4-9-23(30)21-5-7-22(8-6-21)28-14-16-29(17-15-28)36(33,34)25(24(31)26-32)10-12-27(13-11-25)18-19-35-3/h5-8,20,32H,4,9-19H2,1-3H3,(H,26,31). The van der Waals surface area contributed by atoms with Crippen molar-refractivity contribution in [3.05, 3.63) is 29.8 Å². The highest BCUT2D eigenvalue weighted by Crippen LogP contribution is 2.34. The van der Waals surface area contributed by atoms with E-state index in [1.807, 2.05) is 24.3 Å². The molecular formula is C25H40N4O6S. The first-order valence-electron chi connectivity index (χ1n) is 12.7. The van der Waals surface area contributed by atoms with Gasteiger partial charge in [-0.2, -0.15) is 4.31 Å². The molecule has 202 valence electrons. The third-order valence-electron chi connectivity index (χ3n) is 7.37. The molecule has 10 nitrogen and oxygen atoms in total. The van der Waals surface area contributed by atoms with Crippen molar-refractivity contribution < 1.29 is 28.0 Å². The number of ketones is 1. The summed E-state index contributed by atoms with van der Waals surface area (Å²) in [6, 6.07) is 7.48. The Hall–Kier alpha value is -2.05. The number of Topliss-reactive ketones (excluding diaryl/α,β-unsaturated/α-hetero) is 1. The number of amides is 1. The number of likely N-dealkylation sites (tertiary alicyclic amines) is 1. The molecule has 0 unspecified atom stereocenters. The van der Waals surface area contributed by atoms with Crippen molar-refractivity contribution in [1.82, 2.24) is 14.7 Å². The summed E-state index contributed by atoms with van der Waals surface area (Å²) < 4.78 is 32.2. The largest absolute Gasteiger partial charge is 0.383 e. The molecule has 1 aromatic rings. The number of nitrogens with zero attached hydrogens (tertiary/aromatic N) is 3. The lowest BCUT2D eigenvalue weighted by Gasteiger charge is -2.44. The predicted octanol–water partition coefficient (Wildman–Crippen LogP) is 1.74. The number of carbonyl (C=O) groups is 2. The van der Waals surface area contributed by atoms with E-state index in [0.29, 0.717) is 57.2 Å². The number of methoxy groups -OCH3 is 1. The number of ether oxygens (including phenoxy) is 1. The van der Waals surface area contributed by atoms with Crippen LogP contribution in [0, 0.1) is 5.92 Å². The first kappa shape index (κ1) is 28.5. The maximum Gasteiger partial charge on any atom is 0.266 e. The molecular weight excluding hydrogens is 484 g/mol. The second-order valence-corrected chi connectivity index (χ2v) is 12.3. The molecule has 0 saturated carbocycles. The van der Waals surface area contributed by atoms with E-state index in [9.17, 15) is 23.2 Å². The van der Waals surface area contributed by atoms with E-state index in [1.54, 1.807) is 12.6 Å². The van der Waals surface area contributed by atoms with Gasteiger partial charge in [0.25, 0.3) is 5.91 Å². The molecule has 2 fully saturated rings. The summed E-state index contributed by atoms with van der Waals surface area (Å²) in [7, 11) is -2.40. The number of piperazine rings is 1. The predicted molar refractivity (Wildman–Crippen MR) is 138 cm³/mol. The quantitative estimate of drug-likeness (QED) is 0.255. The molecule has 2 heterocycles. The lowest BCUT2D eigenvalue weighted by Crippen LogP contribution is -2.63. The lowest BCUT2D eigenvalue weighted by atomic mass is 9.95. The number of nitrogens with one attached hydrogen (secondary N) is 1. The number of anilines is 1. The van der Waals surface area contributed by atoms with Gasteiger partial charge < -0.3 is 14.5 Å². The molecule has 2 aliphatic rings. The molecule has 2 saturated heterocycles. The number of benzene rings is 1. The fourth-order valence-corrected chi connectivity index (χ4v) is 7.03. The number of rotatable bonds is 11. The van der Waals surface area contributed by atoms with Crippen LogP contribution in [0.4, 0.5) is 5.69 Å². The molecule has 0 radical (unpaired) electrons. The van der Waals surface area contributed by atoms with E-state index in [-0.39, 0.29) is 31.7 Å². The van der Waals surface area contributed by atoms with Crippen LogP contribution in [-0.2, 0) is 19.6 Å². The van der Waals surface area contributed by atoms with Gasteiger partial charge in [0.15, 0.2) is 10.5 Å². The third-order valence-corrected chi connectivity index (χ3v) is 9.99. The second kappa shape index (κ2) is 12.5. The zero-order valence-corrected chi connectivity index (χ0v) is 22.4. The minimum absolute atomic E-state index is 0.109. The molecule has 11 heteroatoms. The number of hydrogen-bond donors (Lipinski definition) is 2. The number of hydroxylamine groups is 1. The van der Waals surface area contributed by atoms with Gasteiger partial charge in [-0.3, -0.25) is 14.8 Å². The zero-order valence-electron chi connectivity index (χ0n) is 21.6. The van der Waals surface area contributed by atoms with Crippen molar-refractivity contribution in [1.29, 1.82) is 0 Å². The van der Waals surface area contributed by atoms with E-state index >= 15 is 0 Å². The average molecular weight is 525 g/mol. The highest BCUT2D eigenvalue weighted by molar-refractivity contribution is 7.91. The van der Waals surface area contributed by atoms with Crippen molar-refractivity contribution >= 4 is 27.4 Å². The summed E-state index contributed by atoms with van der Waals surface area (Å²) in [5.74, 6) is -0.257. The maximum absolute atomic E-state index is 13.7. The van der Waals surface area contributed by atoms with Crippen molar-refractivity contribution in [3.63, 3.8) is 0 Å². The molecule has 0 aliphatic carbocycles. The van der Waals surface area contributed by atoms with E-state index in [0.717, 1.165) is 12.1 Å². The number of sulfonamides is 1. The molecule has 1 aromatic carbocycles. The number of hydrogen-bond acceptors (Lipinski definition) is 8. The molecule has 3 rings (SSSR count). The Morgan fingerprint density at radius 2 is 1.67 bits per heavy atom. The van der Waals surface area contributed by atoms with Gasteiger partial charge in [-0.05, 0) is 49.4 Å². The first-order valence-corrected chi connectivity index (χ1v) is 14.1. The Morgan fingerprint density at radius 1 is 1.06 bits per heavy atom. The van der Waals surface area contributed by atoms with Crippen LogP contribution in [0.15, 0.2) is 24.3 Å². The summed E-state index contributed by atoms with van der Waals surface area (Å²) in [4.78, 5) is 29.2. The van der Waals surface area contributed by atoms with Crippen LogP contribution in [0.3, 0.4) is 0 Å². The molecule has 2 N–H and O–H groups in total. The average Bonchev–Trinajstić information content (AvgIpc) is 2.90. The van der Waals surface area contributed by atoms with Crippen molar-refractivity contribution in [2.75, 3.05) is 64.4 Å². The highest BCUT2D eigenvalue weighted by atomic mass is 32.2. The van der Waals surface area contributed by atoms with E-state index in [4.69, 9.17) is 4.74 Å². The molecule has 0 spiro atoms. The van der Waals surface area contributed by atoms with Crippen LogP contribution in [0.2, 0.25) is 0 Å². The van der Waals surface area contributed by atoms with Gasteiger partial charge in [-0.25, -0.2) is 13.9 Å². The van der Waals surface area contributed by atoms with Crippen LogP contribution >= 0.6 is 0 Å². The van der Waals surface area contributed by atoms with Gasteiger partial charge in [0.1, 0.15) is 0 Å². The molecule has 0 aromatic heterocycles. The van der Waals surface area contributed by atoms with Crippen molar-refractivity contribution in [2.45, 2.75) is 44.3 Å². The fourth-order valence-electron chi connectivity index (χ4n) is 4.92. The van der Waals surface area contributed by atoms with Gasteiger partial charge in [0, 0.05) is 70.6 Å². The molecule has 0 bridgehead atoms. The minimum Gasteiger partial charge on any atom is -0.383 e. The molecule has 2 aliphatic heterocycles. The van der Waals surface area contributed by atoms with Gasteiger partial charge in [0.2, 0.25) is 10.0 Å². The van der Waals surface area contributed by atoms with Gasteiger partial charge >= 0.3 is 0 Å². The Morgan fingerprint density at radius 3 is 2.19 bits per heavy atom. The van der Waals surface area contributed by atoms with E-state index in [1.165, 1.54) is 4.31 Å². The monoisotopic (exact) mass is 524 g/mol. The van der Waals surface area contributed by atoms with Gasteiger partial charge in [-0.1, -0.05) is 13.8 Å². The third kappa shape index (κ3) is 6.25. The van der Waals surface area contributed by atoms with Crippen LogP contribution < -0.4 is 10.4 Å². The SMILES string of the molecule is COCCN1CCC(C(=O)NO)(S(=O)(=O)N2CCN(c3ccc(C(=O)CCC(C)C)cc3)CC2)CC1. The summed E-state index contributed by atoms with van der Waals surface area (Å²) in [6.07, 6.45) is 1.61. The van der Waals surface area contributed by atoms with Crippen LogP contribution in [0.25, 0.3) is 0 Å². The van der Waals surface area contributed by atoms with E-state index < -0.39 is 20.7 Å². The maximum atomic E-state index is 13.7. The summed E-state index contributed by atoms with van der Waals surface area (Å²) in [6.45, 7) is 7.66. The normalized spacial score (nSPS) is 19.4. The van der Waals surface area contributed by atoms with Crippen molar-refractivity contribution in [3.8, 4) is 0 Å². The fraction of sp³-hybridized carbons (Fsp3) is 0.680. The minimum atomic E-state index is -4.01. The number of carbonyl (C=O) groups excluding carboxylic acids is 2. The zero-order chi connectivity index (χ0) is 26.3. The van der Waals surface area contributed by atoms with Crippen LogP contribution in [0.1, 0.15) is 49.9 Å².